The molecule has 1 atom stereocenters. The van der Waals surface area contributed by atoms with Gasteiger partial charge in [0.25, 0.3) is 0 Å². The molecule has 1 rings (SSSR count). The number of hydrogen-bond donors (Lipinski definition) is 0. The molecule has 60 valence electrons. The van der Waals surface area contributed by atoms with Gasteiger partial charge in [0.05, 0.1) is 0 Å². The summed E-state index contributed by atoms with van der Waals surface area (Å²) >= 11 is 7.73. The van der Waals surface area contributed by atoms with E-state index < -0.39 is 5.31 Å². The first-order valence-corrected chi connectivity index (χ1v) is 13.4. The van der Waals surface area contributed by atoms with E-state index in [1.54, 1.807) is 11.7 Å². The molecule has 0 nitrogen and oxygen atoms in total. The highest BCUT2D eigenvalue weighted by atomic mass is 79.9. The van der Waals surface area contributed by atoms with E-state index in [1.165, 1.54) is 18.5 Å². The molecule has 0 N–H and O–H groups in total. The van der Waals surface area contributed by atoms with Crippen molar-refractivity contribution in [3.05, 3.63) is 0 Å². The molecule has 0 spiro atoms. The van der Waals surface area contributed by atoms with Crippen molar-refractivity contribution in [2.45, 2.75) is 37.1 Å². The molecular formula is C6H14Br2Si2. The lowest BCUT2D eigenvalue weighted by Crippen LogP contribution is -2.31. The van der Waals surface area contributed by atoms with E-state index in [-0.39, 0.29) is 8.80 Å². The molecule has 10 heavy (non-hydrogen) atoms. The molecule has 0 aromatic heterocycles. The second kappa shape index (κ2) is 3.87. The summed E-state index contributed by atoms with van der Waals surface area (Å²) in [6, 6.07) is 4.56. The van der Waals surface area contributed by atoms with Crippen molar-refractivity contribution in [3.8, 4) is 0 Å². The van der Waals surface area contributed by atoms with E-state index >= 15 is 0 Å². The Morgan fingerprint density at radius 2 is 2.20 bits per heavy atom. The van der Waals surface area contributed by atoms with Crippen molar-refractivity contribution >= 4 is 44.7 Å². The molecule has 1 aliphatic rings. The molecule has 0 amide bonds. The SMILES string of the molecule is CC[SiH]1CCC[Si](Br)(Br)C1. The standard InChI is InChI=1S/C6H14Br2Si2/c1-2-9-4-3-5-10(7,8)6-9/h9H,2-6H2,1H3. The first-order valence-electron chi connectivity index (χ1n) is 4.02. The Morgan fingerprint density at radius 1 is 1.50 bits per heavy atom. The van der Waals surface area contributed by atoms with Gasteiger partial charge in [-0.05, 0) is 11.7 Å². The van der Waals surface area contributed by atoms with Gasteiger partial charge >= 0.3 is 0 Å². The van der Waals surface area contributed by atoms with Crippen LogP contribution < -0.4 is 0 Å². The third kappa shape index (κ3) is 2.79. The minimum atomic E-state index is -0.988. The van der Waals surface area contributed by atoms with Crippen LogP contribution in [0.1, 0.15) is 13.3 Å². The summed E-state index contributed by atoms with van der Waals surface area (Å²) in [5.41, 5.74) is 1.57. The molecule has 1 saturated heterocycles. The lowest BCUT2D eigenvalue weighted by molar-refractivity contribution is 1.01. The Bertz CT molecular complexity index is 116. The monoisotopic (exact) mass is 300 g/mol. The fourth-order valence-electron chi connectivity index (χ4n) is 1.62. The highest BCUT2D eigenvalue weighted by Crippen LogP contribution is 2.38. The van der Waals surface area contributed by atoms with Crippen molar-refractivity contribution in [2.24, 2.45) is 0 Å². The fraction of sp³-hybridized carbons (Fsp3) is 1.00. The number of halogens is 2. The molecule has 0 radical (unpaired) electrons. The van der Waals surface area contributed by atoms with E-state index in [1.807, 2.05) is 0 Å². The zero-order chi connectivity index (χ0) is 7.61. The van der Waals surface area contributed by atoms with Crippen LogP contribution in [0, 0.1) is 0 Å². The van der Waals surface area contributed by atoms with Gasteiger partial charge < -0.3 is 0 Å². The Labute approximate surface area is 81.6 Å². The average molecular weight is 302 g/mol. The van der Waals surface area contributed by atoms with Crippen molar-refractivity contribution in [2.75, 3.05) is 0 Å². The number of hydrogen-bond acceptors (Lipinski definition) is 0. The molecule has 0 aromatic carbocycles. The Kier molecular flexibility index (Phi) is 3.67. The van der Waals surface area contributed by atoms with Crippen molar-refractivity contribution in [1.82, 2.24) is 0 Å². The van der Waals surface area contributed by atoms with Gasteiger partial charge in [0.2, 0.25) is 0 Å². The second-order valence-electron chi connectivity index (χ2n) is 3.23. The van der Waals surface area contributed by atoms with Gasteiger partial charge in [-0.15, -0.1) is 30.6 Å². The maximum atomic E-state index is 3.86. The maximum absolute atomic E-state index is 3.86. The molecule has 1 unspecified atom stereocenters. The van der Waals surface area contributed by atoms with E-state index in [0.29, 0.717) is 0 Å². The molecular weight excluding hydrogens is 288 g/mol. The van der Waals surface area contributed by atoms with Crippen LogP contribution in [-0.2, 0) is 0 Å². The summed E-state index contributed by atoms with van der Waals surface area (Å²) in [5, 5.41) is -0.988. The summed E-state index contributed by atoms with van der Waals surface area (Å²) in [7, 11) is -0.262. The molecule has 1 fully saturated rings. The van der Waals surface area contributed by atoms with E-state index in [4.69, 9.17) is 0 Å². The number of rotatable bonds is 1. The van der Waals surface area contributed by atoms with Gasteiger partial charge in [-0.3, -0.25) is 0 Å². The summed E-state index contributed by atoms with van der Waals surface area (Å²) in [6.07, 6.45) is 1.49. The topological polar surface area (TPSA) is 0 Å². The van der Waals surface area contributed by atoms with Crippen LogP contribution in [0.3, 0.4) is 0 Å². The minimum Gasteiger partial charge on any atom is -0.111 e. The van der Waals surface area contributed by atoms with E-state index in [0.717, 1.165) is 0 Å². The third-order valence-electron chi connectivity index (χ3n) is 2.32. The largest absolute Gasteiger partial charge is 0.198 e. The van der Waals surface area contributed by atoms with Gasteiger partial charge in [0.1, 0.15) is 0 Å². The summed E-state index contributed by atoms with van der Waals surface area (Å²) in [6.45, 7) is 2.37. The normalized spacial score (nSPS) is 32.1. The first kappa shape index (κ1) is 9.48. The predicted octanol–water partition coefficient (Wildman–Crippen LogP) is 3.41. The highest BCUT2D eigenvalue weighted by molar-refractivity contribution is 9.51. The summed E-state index contributed by atoms with van der Waals surface area (Å²) in [5.74, 6) is 0. The highest BCUT2D eigenvalue weighted by Gasteiger charge is 2.33. The zero-order valence-corrected chi connectivity index (χ0v) is 11.7. The average Bonchev–Trinajstić information content (AvgIpc) is 1.86. The fourth-order valence-corrected chi connectivity index (χ4v) is 20.0. The molecule has 0 aromatic rings. The van der Waals surface area contributed by atoms with Crippen LogP contribution in [0.4, 0.5) is 0 Å². The molecule has 4 heteroatoms. The Morgan fingerprint density at radius 3 is 2.60 bits per heavy atom. The smallest absolute Gasteiger partial charge is 0.111 e. The molecule has 0 saturated carbocycles. The minimum absolute atomic E-state index is 0.262. The van der Waals surface area contributed by atoms with E-state index in [2.05, 4.69) is 37.5 Å². The van der Waals surface area contributed by atoms with Crippen LogP contribution in [0.5, 0.6) is 0 Å². The van der Waals surface area contributed by atoms with Crippen LogP contribution in [0.25, 0.3) is 0 Å². The van der Waals surface area contributed by atoms with Crippen LogP contribution in [-0.4, -0.2) is 14.1 Å². The molecule has 1 heterocycles. The Balaban J connectivity index is 2.40. The maximum Gasteiger partial charge on any atom is 0.198 e. The van der Waals surface area contributed by atoms with Crippen molar-refractivity contribution in [1.29, 1.82) is 0 Å². The predicted molar refractivity (Wildman–Crippen MR) is 60.3 cm³/mol. The summed E-state index contributed by atoms with van der Waals surface area (Å²) in [4.78, 5) is 0. The van der Waals surface area contributed by atoms with Crippen molar-refractivity contribution < 1.29 is 0 Å². The van der Waals surface area contributed by atoms with Gasteiger partial charge in [0, 0.05) is 8.80 Å². The van der Waals surface area contributed by atoms with Gasteiger partial charge in [-0.1, -0.05) is 25.4 Å². The molecule has 0 aliphatic carbocycles. The third-order valence-corrected chi connectivity index (χ3v) is 18.7. The molecule has 0 bridgehead atoms. The second-order valence-corrected chi connectivity index (χ2v) is 22.5. The quantitative estimate of drug-likeness (QED) is 0.514. The van der Waals surface area contributed by atoms with Crippen molar-refractivity contribution in [3.63, 3.8) is 0 Å². The Hall–Kier alpha value is 1.39. The van der Waals surface area contributed by atoms with Gasteiger partial charge in [-0.2, -0.15) is 0 Å². The van der Waals surface area contributed by atoms with Crippen LogP contribution >= 0.6 is 30.6 Å². The van der Waals surface area contributed by atoms with Gasteiger partial charge in [0.15, 0.2) is 5.31 Å². The van der Waals surface area contributed by atoms with Crippen LogP contribution in [0.15, 0.2) is 0 Å². The lowest BCUT2D eigenvalue weighted by Gasteiger charge is -2.28. The van der Waals surface area contributed by atoms with Gasteiger partial charge in [-0.25, -0.2) is 0 Å². The molecule has 1 aliphatic heterocycles. The zero-order valence-electron chi connectivity index (χ0n) is 6.37. The lowest BCUT2D eigenvalue weighted by atomic mass is 10.6. The van der Waals surface area contributed by atoms with Crippen LogP contribution in [0.2, 0.25) is 23.8 Å². The van der Waals surface area contributed by atoms with E-state index in [9.17, 15) is 0 Å². The first-order chi connectivity index (χ1) is 4.64. The summed E-state index contributed by atoms with van der Waals surface area (Å²) < 4.78 is 0.